The third-order valence-corrected chi connectivity index (χ3v) is 6.03. The average molecular weight is 505 g/mol. The van der Waals surface area contributed by atoms with Gasteiger partial charge in [0.25, 0.3) is 0 Å². The molecule has 0 amide bonds. The molecule has 1 aliphatic rings. The van der Waals surface area contributed by atoms with Crippen molar-refractivity contribution >= 4 is 35.2 Å². The second kappa shape index (κ2) is 12.3. The van der Waals surface area contributed by atoms with E-state index in [9.17, 15) is 9.90 Å². The zero-order valence-corrected chi connectivity index (χ0v) is 21.1. The highest BCUT2D eigenvalue weighted by Gasteiger charge is 2.20. The molecule has 2 aromatic heterocycles. The predicted molar refractivity (Wildman–Crippen MR) is 144 cm³/mol. The lowest BCUT2D eigenvalue weighted by molar-refractivity contribution is 0.112. The number of aromatic nitrogens is 3. The molecular formula is C26H32N8O3. The first-order valence-corrected chi connectivity index (χ1v) is 12.0. The molecule has 0 aliphatic carbocycles. The number of pyridine rings is 1. The van der Waals surface area contributed by atoms with E-state index < -0.39 is 0 Å². The normalized spacial score (nSPS) is 13.8. The number of benzene rings is 1. The van der Waals surface area contributed by atoms with Crippen LogP contribution in [0.2, 0.25) is 0 Å². The number of piperazine rings is 1. The van der Waals surface area contributed by atoms with E-state index in [1.807, 2.05) is 18.2 Å². The van der Waals surface area contributed by atoms with Crippen LogP contribution >= 0.6 is 0 Å². The molecule has 3 heterocycles. The Hall–Kier alpha value is -4.06. The smallest absolute Gasteiger partial charge is 0.229 e. The van der Waals surface area contributed by atoms with Crippen LogP contribution in [0.5, 0.6) is 5.88 Å². The fourth-order valence-electron chi connectivity index (χ4n) is 4.04. The van der Waals surface area contributed by atoms with E-state index in [1.165, 1.54) is 13.3 Å². The van der Waals surface area contributed by atoms with E-state index in [4.69, 9.17) is 4.74 Å². The zero-order valence-electron chi connectivity index (χ0n) is 21.1. The Kier molecular flexibility index (Phi) is 8.62. The van der Waals surface area contributed by atoms with Crippen molar-refractivity contribution in [1.82, 2.24) is 25.3 Å². The van der Waals surface area contributed by atoms with E-state index in [-0.39, 0.29) is 18.1 Å². The molecule has 3 aromatic rings. The monoisotopic (exact) mass is 504 g/mol. The van der Waals surface area contributed by atoms with Gasteiger partial charge in [-0.25, -0.2) is 15.4 Å². The lowest BCUT2D eigenvalue weighted by Gasteiger charge is -2.35. The number of aliphatic hydroxyl groups is 1. The first-order chi connectivity index (χ1) is 18.1. The van der Waals surface area contributed by atoms with Gasteiger partial charge in [0, 0.05) is 61.9 Å². The van der Waals surface area contributed by atoms with Crippen LogP contribution in [0, 0.1) is 0 Å². The molecule has 11 heteroatoms. The van der Waals surface area contributed by atoms with E-state index in [2.05, 4.69) is 49.1 Å². The van der Waals surface area contributed by atoms with Crippen molar-refractivity contribution in [1.29, 1.82) is 0 Å². The molecule has 37 heavy (non-hydrogen) atoms. The summed E-state index contributed by atoms with van der Waals surface area (Å²) in [5.74, 6) is 1.49. The minimum absolute atomic E-state index is 0.0891. The van der Waals surface area contributed by atoms with E-state index >= 15 is 0 Å². The number of nitrogens with one attached hydrogen (secondary N) is 2. The Labute approximate surface area is 216 Å². The minimum atomic E-state index is -0.0891. The summed E-state index contributed by atoms with van der Waals surface area (Å²) in [5.41, 5.74) is 5.98. The van der Waals surface area contributed by atoms with Gasteiger partial charge in [0.05, 0.1) is 19.3 Å². The molecular weight excluding hydrogens is 472 g/mol. The molecule has 0 saturated carbocycles. The Balaban J connectivity index is 1.64. The van der Waals surface area contributed by atoms with Gasteiger partial charge in [-0.1, -0.05) is 12.1 Å². The summed E-state index contributed by atoms with van der Waals surface area (Å²) in [5, 5.41) is 14.8. The van der Waals surface area contributed by atoms with Gasteiger partial charge >= 0.3 is 0 Å². The van der Waals surface area contributed by atoms with Crippen LogP contribution in [0.25, 0.3) is 0 Å². The van der Waals surface area contributed by atoms with Crippen LogP contribution in [0.15, 0.2) is 55.3 Å². The van der Waals surface area contributed by atoms with Crippen LogP contribution in [-0.4, -0.2) is 78.1 Å². The average Bonchev–Trinajstić information content (AvgIpc) is 2.94. The first-order valence-electron chi connectivity index (χ1n) is 12.0. The molecule has 1 aromatic carbocycles. The van der Waals surface area contributed by atoms with Gasteiger partial charge in [0.2, 0.25) is 11.8 Å². The fraction of sp³-hybridized carbons (Fsp3) is 0.308. The van der Waals surface area contributed by atoms with Crippen molar-refractivity contribution in [3.8, 4) is 5.88 Å². The number of hydrogen-bond donors (Lipinski definition) is 3. The summed E-state index contributed by atoms with van der Waals surface area (Å²) in [6, 6.07) is 11.1. The number of carbonyl (C=O) groups is 1. The zero-order chi connectivity index (χ0) is 26.2. The number of aliphatic hydroxyl groups excluding tert-OH is 1. The molecule has 0 radical (unpaired) electrons. The number of rotatable bonds is 11. The molecule has 11 nitrogen and oxygen atoms in total. The maximum atomic E-state index is 11.9. The number of methoxy groups -OCH3 is 1. The molecule has 1 saturated heterocycles. The number of anilines is 5. The second-order valence-corrected chi connectivity index (χ2v) is 8.53. The lowest BCUT2D eigenvalue weighted by Crippen LogP contribution is -2.44. The first kappa shape index (κ1) is 26.0. The van der Waals surface area contributed by atoms with E-state index in [0.717, 1.165) is 43.1 Å². The van der Waals surface area contributed by atoms with Crippen LogP contribution in [0.4, 0.5) is 29.0 Å². The van der Waals surface area contributed by atoms with Crippen molar-refractivity contribution in [2.45, 2.75) is 6.61 Å². The quantitative estimate of drug-likeness (QED) is 0.203. The van der Waals surface area contributed by atoms with Crippen LogP contribution < -0.4 is 25.4 Å². The number of carbonyl (C=O) groups excluding carboxylic acids is 1. The number of hydrazine groups is 1. The van der Waals surface area contributed by atoms with Gasteiger partial charge < -0.3 is 25.0 Å². The van der Waals surface area contributed by atoms with Crippen molar-refractivity contribution in [2.75, 3.05) is 62.1 Å². The maximum Gasteiger partial charge on any atom is 0.229 e. The van der Waals surface area contributed by atoms with Gasteiger partial charge in [0.1, 0.15) is 0 Å². The topological polar surface area (TPSA) is 119 Å². The van der Waals surface area contributed by atoms with Gasteiger partial charge in [-0.15, -0.1) is 6.58 Å². The summed E-state index contributed by atoms with van der Waals surface area (Å²) < 4.78 is 5.26. The molecule has 1 aliphatic heterocycles. The Bertz CT molecular complexity index is 1230. The van der Waals surface area contributed by atoms with E-state index in [1.54, 1.807) is 29.3 Å². The Morgan fingerprint density at radius 1 is 1.19 bits per heavy atom. The summed E-state index contributed by atoms with van der Waals surface area (Å²) in [4.78, 5) is 29.8. The van der Waals surface area contributed by atoms with Crippen LogP contribution in [0.3, 0.4) is 0 Å². The van der Waals surface area contributed by atoms with E-state index in [0.29, 0.717) is 30.3 Å². The molecule has 0 unspecified atom stereocenters. The van der Waals surface area contributed by atoms with Gasteiger partial charge in [-0.05, 0) is 31.3 Å². The Morgan fingerprint density at radius 3 is 2.70 bits per heavy atom. The van der Waals surface area contributed by atoms with Gasteiger partial charge in [-0.2, -0.15) is 9.97 Å². The van der Waals surface area contributed by atoms with Gasteiger partial charge in [-0.3, -0.25) is 4.79 Å². The molecule has 0 atom stereocenters. The number of ether oxygens (including phenoxy) is 1. The van der Waals surface area contributed by atoms with Crippen LogP contribution in [-0.2, 0) is 6.61 Å². The minimum Gasteiger partial charge on any atom is -0.481 e. The number of aldehydes is 1. The highest BCUT2D eigenvalue weighted by atomic mass is 16.5. The fourth-order valence-corrected chi connectivity index (χ4v) is 4.04. The Morgan fingerprint density at radius 2 is 2.00 bits per heavy atom. The number of hydrogen-bond acceptors (Lipinski definition) is 11. The maximum absolute atomic E-state index is 11.9. The molecule has 4 rings (SSSR count). The largest absolute Gasteiger partial charge is 0.481 e. The highest BCUT2D eigenvalue weighted by Crippen LogP contribution is 2.29. The molecule has 194 valence electrons. The second-order valence-electron chi connectivity index (χ2n) is 8.53. The lowest BCUT2D eigenvalue weighted by atomic mass is 10.1. The molecule has 1 fully saturated rings. The summed E-state index contributed by atoms with van der Waals surface area (Å²) in [7, 11) is 3.65. The third kappa shape index (κ3) is 6.20. The molecule has 0 bridgehead atoms. The SMILES string of the molecule is C=CCNN(c1cccc(OC)n1)c1nc(Nc2ccc(N3CCN(C)CC3)c(CO)c2)ncc1C=O. The van der Waals surface area contributed by atoms with Gasteiger partial charge in [0.15, 0.2) is 17.9 Å². The van der Waals surface area contributed by atoms with Crippen molar-refractivity contribution in [3.05, 3.63) is 66.4 Å². The van der Waals surface area contributed by atoms with Crippen molar-refractivity contribution < 1.29 is 14.6 Å². The standard InChI is InChI=1S/C26H32N8O3/c1-4-10-28-34(23-6-5-7-24(30-23)37-3)25-20(18-36)16-27-26(31-25)29-21-8-9-22(19(15-21)17-35)33-13-11-32(2)12-14-33/h4-9,15-16,18,28,35H,1,10-14,17H2,2-3H3,(H,27,29,31). The highest BCUT2D eigenvalue weighted by molar-refractivity contribution is 5.84. The van der Waals surface area contributed by atoms with Crippen LogP contribution in [0.1, 0.15) is 15.9 Å². The van der Waals surface area contributed by atoms with Crippen molar-refractivity contribution in [2.24, 2.45) is 0 Å². The summed E-state index contributed by atoms with van der Waals surface area (Å²) in [6.07, 6.45) is 3.83. The van der Waals surface area contributed by atoms with Crippen molar-refractivity contribution in [3.63, 3.8) is 0 Å². The predicted octanol–water partition coefficient (Wildman–Crippen LogP) is 2.51. The number of likely N-dealkylation sites (N-methyl/N-ethyl adjacent to an activating group) is 1. The molecule has 0 spiro atoms. The summed E-state index contributed by atoms with van der Waals surface area (Å²) in [6.45, 7) is 7.83. The number of nitrogens with zero attached hydrogens (tertiary/aromatic N) is 6. The third-order valence-electron chi connectivity index (χ3n) is 6.03. The summed E-state index contributed by atoms with van der Waals surface area (Å²) >= 11 is 0. The molecule has 3 N–H and O–H groups in total.